The van der Waals surface area contributed by atoms with Gasteiger partial charge in [-0.25, -0.2) is 0 Å². The molecule has 0 aliphatic heterocycles. The number of esters is 1. The number of carbonyl (C=O) groups excluding carboxylic acids is 3. The van der Waals surface area contributed by atoms with E-state index in [1.807, 2.05) is 19.1 Å². The van der Waals surface area contributed by atoms with E-state index in [4.69, 9.17) is 4.74 Å². The lowest BCUT2D eigenvalue weighted by atomic mass is 10.1. The highest BCUT2D eigenvalue weighted by atomic mass is 16.5. The highest BCUT2D eigenvalue weighted by Crippen LogP contribution is 2.15. The quantitative estimate of drug-likeness (QED) is 0.482. The molecular weight excluding hydrogens is 382 g/mol. The average molecular weight is 405 g/mol. The zero-order valence-corrected chi connectivity index (χ0v) is 17.1. The lowest BCUT2D eigenvalue weighted by Crippen LogP contribution is -2.25. The number of amides is 1. The van der Waals surface area contributed by atoms with Crippen LogP contribution in [0.4, 0.5) is 0 Å². The van der Waals surface area contributed by atoms with Crippen LogP contribution in [0.5, 0.6) is 0 Å². The summed E-state index contributed by atoms with van der Waals surface area (Å²) in [5.74, 6) is -1.12. The van der Waals surface area contributed by atoms with Crippen molar-refractivity contribution in [3.63, 3.8) is 0 Å². The molecule has 0 unspecified atom stereocenters. The minimum atomic E-state index is -0.500. The molecule has 1 amide bonds. The van der Waals surface area contributed by atoms with Crippen LogP contribution in [-0.4, -0.2) is 33.9 Å². The molecule has 0 radical (unpaired) electrons. The van der Waals surface area contributed by atoms with Gasteiger partial charge in [-0.1, -0.05) is 24.3 Å². The summed E-state index contributed by atoms with van der Waals surface area (Å²) in [6.07, 6.45) is 1.66. The first-order valence-corrected chi connectivity index (χ1v) is 9.51. The van der Waals surface area contributed by atoms with Gasteiger partial charge in [0.05, 0.1) is 6.42 Å². The van der Waals surface area contributed by atoms with Crippen LogP contribution in [0.25, 0.3) is 0 Å². The minimum Gasteiger partial charge on any atom is -0.457 e. The Morgan fingerprint density at radius 1 is 1.03 bits per heavy atom. The van der Waals surface area contributed by atoms with Crippen LogP contribution in [0.15, 0.2) is 54.7 Å². The maximum Gasteiger partial charge on any atom is 0.310 e. The Morgan fingerprint density at radius 3 is 2.43 bits per heavy atom. The molecule has 0 saturated heterocycles. The third kappa shape index (κ3) is 5.00. The lowest BCUT2D eigenvalue weighted by Gasteiger charge is -2.11. The molecule has 0 saturated carbocycles. The van der Waals surface area contributed by atoms with E-state index >= 15 is 0 Å². The van der Waals surface area contributed by atoms with Crippen LogP contribution in [0.3, 0.4) is 0 Å². The Balaban J connectivity index is 1.62. The van der Waals surface area contributed by atoms with Gasteiger partial charge in [0.25, 0.3) is 5.91 Å². The average Bonchev–Trinajstić information content (AvgIpc) is 3.02. The van der Waals surface area contributed by atoms with Crippen molar-refractivity contribution in [3.8, 4) is 0 Å². The van der Waals surface area contributed by atoms with Gasteiger partial charge in [0.1, 0.15) is 0 Å². The normalized spacial score (nSPS) is 10.5. The number of ketones is 1. The van der Waals surface area contributed by atoms with E-state index in [9.17, 15) is 14.4 Å². The number of hydrogen-bond donors (Lipinski definition) is 1. The molecule has 0 spiro atoms. The Morgan fingerprint density at radius 2 is 1.77 bits per heavy atom. The predicted molar refractivity (Wildman–Crippen MR) is 112 cm³/mol. The molecular formula is C23H23N3O4. The molecule has 7 nitrogen and oxygen atoms in total. The molecule has 0 aliphatic carbocycles. The number of nitrogens with zero attached hydrogens (tertiary/aromatic N) is 2. The number of rotatable bonds is 7. The zero-order valence-electron chi connectivity index (χ0n) is 17.1. The molecule has 1 aromatic carbocycles. The number of aryl methyl sites for hydroxylation is 2. The molecule has 0 aliphatic rings. The topological polar surface area (TPSA) is 90.3 Å². The number of benzene rings is 1. The van der Waals surface area contributed by atoms with Crippen molar-refractivity contribution in [1.29, 1.82) is 0 Å². The minimum absolute atomic E-state index is 0.0483. The van der Waals surface area contributed by atoms with Gasteiger partial charge in [0.15, 0.2) is 6.61 Å². The van der Waals surface area contributed by atoms with Gasteiger partial charge in [0, 0.05) is 34.4 Å². The second kappa shape index (κ2) is 9.17. The van der Waals surface area contributed by atoms with Crippen LogP contribution in [0.2, 0.25) is 0 Å². The van der Waals surface area contributed by atoms with Crippen molar-refractivity contribution >= 4 is 17.7 Å². The number of hydrogen-bond acceptors (Lipinski definition) is 5. The van der Waals surface area contributed by atoms with Gasteiger partial charge in [-0.15, -0.1) is 0 Å². The van der Waals surface area contributed by atoms with Crippen LogP contribution in [0.1, 0.15) is 43.4 Å². The summed E-state index contributed by atoms with van der Waals surface area (Å²) in [5.41, 5.74) is 6.53. The molecule has 2 aromatic heterocycles. The Labute approximate surface area is 174 Å². The van der Waals surface area contributed by atoms with Crippen molar-refractivity contribution in [2.24, 2.45) is 0 Å². The largest absolute Gasteiger partial charge is 0.457 e. The van der Waals surface area contributed by atoms with E-state index in [0.29, 0.717) is 22.5 Å². The standard InChI is InChI=1S/C23H23N3O4/c1-15-9-10-18(13-24-15)12-22(28)30-14-21(27)20-11-16(2)26(17(20)3)25-23(29)19-7-5-4-6-8-19/h4-11,13H,12,14H2,1-3H3,(H,25,29). The first-order valence-electron chi connectivity index (χ1n) is 9.51. The van der Waals surface area contributed by atoms with Crippen molar-refractivity contribution < 1.29 is 19.1 Å². The van der Waals surface area contributed by atoms with Crippen LogP contribution < -0.4 is 5.43 Å². The van der Waals surface area contributed by atoms with Crippen molar-refractivity contribution in [1.82, 2.24) is 9.66 Å². The van der Waals surface area contributed by atoms with E-state index in [0.717, 1.165) is 11.3 Å². The van der Waals surface area contributed by atoms with Crippen LogP contribution in [0, 0.1) is 20.8 Å². The highest BCUT2D eigenvalue weighted by Gasteiger charge is 2.19. The molecule has 0 atom stereocenters. The van der Waals surface area contributed by atoms with E-state index in [1.54, 1.807) is 61.1 Å². The second-order valence-corrected chi connectivity index (χ2v) is 7.00. The van der Waals surface area contributed by atoms with E-state index in [1.165, 1.54) is 0 Å². The summed E-state index contributed by atoms with van der Waals surface area (Å²) >= 11 is 0. The first kappa shape index (κ1) is 21.0. The number of ether oxygens (including phenoxy) is 1. The van der Waals surface area contributed by atoms with Gasteiger partial charge in [-0.05, 0) is 50.6 Å². The summed E-state index contributed by atoms with van der Waals surface area (Å²) in [5, 5.41) is 0. The zero-order chi connectivity index (χ0) is 21.7. The number of Topliss-reactive ketones (excluding diaryl/α,β-unsaturated/α-hetero) is 1. The van der Waals surface area contributed by atoms with Gasteiger partial charge in [-0.2, -0.15) is 0 Å². The fourth-order valence-electron chi connectivity index (χ4n) is 3.02. The third-order valence-electron chi connectivity index (χ3n) is 4.67. The molecule has 0 fully saturated rings. The van der Waals surface area contributed by atoms with E-state index < -0.39 is 5.97 Å². The molecule has 154 valence electrons. The van der Waals surface area contributed by atoms with Crippen molar-refractivity contribution in [3.05, 3.63) is 88.5 Å². The fraction of sp³-hybridized carbons (Fsp3) is 0.217. The summed E-state index contributed by atoms with van der Waals surface area (Å²) in [6.45, 7) is 5.01. The molecule has 3 rings (SSSR count). The van der Waals surface area contributed by atoms with Gasteiger partial charge >= 0.3 is 5.97 Å². The molecule has 3 aromatic rings. The molecule has 30 heavy (non-hydrogen) atoms. The molecule has 0 bridgehead atoms. The Bertz CT molecular complexity index is 1070. The van der Waals surface area contributed by atoms with Crippen molar-refractivity contribution in [2.75, 3.05) is 12.0 Å². The van der Waals surface area contributed by atoms with Crippen molar-refractivity contribution in [2.45, 2.75) is 27.2 Å². The predicted octanol–water partition coefficient (Wildman–Crippen LogP) is 3.16. The monoisotopic (exact) mass is 405 g/mol. The van der Waals surface area contributed by atoms with Gasteiger partial charge in [-0.3, -0.25) is 29.5 Å². The summed E-state index contributed by atoms with van der Waals surface area (Å²) in [6, 6.07) is 14.1. The molecule has 2 heterocycles. The van der Waals surface area contributed by atoms with Gasteiger partial charge < -0.3 is 4.74 Å². The molecule has 7 heteroatoms. The number of nitrogens with one attached hydrogen (secondary N) is 1. The smallest absolute Gasteiger partial charge is 0.310 e. The summed E-state index contributed by atoms with van der Waals surface area (Å²) in [4.78, 5) is 41.1. The molecule has 1 N–H and O–H groups in total. The Hall–Kier alpha value is -3.74. The summed E-state index contributed by atoms with van der Waals surface area (Å²) in [7, 11) is 0. The van der Waals surface area contributed by atoms with Gasteiger partial charge in [0.2, 0.25) is 5.78 Å². The maximum absolute atomic E-state index is 12.6. The van der Waals surface area contributed by atoms with E-state index in [2.05, 4.69) is 10.4 Å². The number of carbonyl (C=O) groups is 3. The first-order chi connectivity index (χ1) is 14.3. The van der Waals surface area contributed by atoms with Crippen LogP contribution >= 0.6 is 0 Å². The fourth-order valence-corrected chi connectivity index (χ4v) is 3.02. The second-order valence-electron chi connectivity index (χ2n) is 7.00. The Kier molecular flexibility index (Phi) is 6.41. The third-order valence-corrected chi connectivity index (χ3v) is 4.67. The number of pyridine rings is 1. The van der Waals surface area contributed by atoms with Crippen LogP contribution in [-0.2, 0) is 16.0 Å². The summed E-state index contributed by atoms with van der Waals surface area (Å²) < 4.78 is 6.69. The maximum atomic E-state index is 12.6. The highest BCUT2D eigenvalue weighted by molar-refractivity contribution is 6.01. The van der Waals surface area contributed by atoms with E-state index in [-0.39, 0.29) is 24.7 Å². The number of aromatic nitrogens is 2. The SMILES string of the molecule is Cc1ccc(CC(=O)OCC(=O)c2cc(C)n(NC(=O)c3ccccc3)c2C)cn1. The lowest BCUT2D eigenvalue weighted by molar-refractivity contribution is -0.141.